The van der Waals surface area contributed by atoms with E-state index < -0.39 is 0 Å². The highest BCUT2D eigenvalue weighted by molar-refractivity contribution is 7.13. The van der Waals surface area contributed by atoms with Crippen LogP contribution in [0.2, 0.25) is 0 Å². The molecule has 0 aliphatic carbocycles. The van der Waals surface area contributed by atoms with Crippen LogP contribution in [0.3, 0.4) is 0 Å². The number of benzene rings is 1. The lowest BCUT2D eigenvalue weighted by Gasteiger charge is -1.99. The molecule has 1 aromatic heterocycles. The van der Waals surface area contributed by atoms with Crippen LogP contribution in [-0.4, -0.2) is 16.1 Å². The number of rotatable bonds is 2. The SMILES string of the molecule is O=C(Nc1nn[c]s1)c1ccccc1. The maximum Gasteiger partial charge on any atom is 0.257 e. The molecule has 1 amide bonds. The first-order chi connectivity index (χ1) is 6.86. The van der Waals surface area contributed by atoms with Crippen molar-refractivity contribution in [2.45, 2.75) is 0 Å². The van der Waals surface area contributed by atoms with Crippen molar-refractivity contribution in [1.82, 2.24) is 10.2 Å². The van der Waals surface area contributed by atoms with Crippen LogP contribution < -0.4 is 5.32 Å². The van der Waals surface area contributed by atoms with E-state index in [0.29, 0.717) is 10.7 Å². The van der Waals surface area contributed by atoms with E-state index in [1.807, 2.05) is 6.07 Å². The van der Waals surface area contributed by atoms with Crippen molar-refractivity contribution in [1.29, 1.82) is 0 Å². The first-order valence-corrected chi connectivity index (χ1v) is 4.74. The predicted molar refractivity (Wildman–Crippen MR) is 53.1 cm³/mol. The van der Waals surface area contributed by atoms with Gasteiger partial charge in [-0.25, -0.2) is 0 Å². The second kappa shape index (κ2) is 3.97. The zero-order chi connectivity index (χ0) is 9.80. The fourth-order valence-electron chi connectivity index (χ4n) is 0.959. The summed E-state index contributed by atoms with van der Waals surface area (Å²) in [6.07, 6.45) is 0. The number of nitrogens with one attached hydrogen (secondary N) is 1. The average Bonchev–Trinajstić information content (AvgIpc) is 2.72. The summed E-state index contributed by atoms with van der Waals surface area (Å²) in [5.41, 5.74) is 3.15. The highest BCUT2D eigenvalue weighted by Crippen LogP contribution is 2.09. The summed E-state index contributed by atoms with van der Waals surface area (Å²) in [4.78, 5) is 11.5. The molecule has 0 saturated carbocycles. The molecule has 0 bridgehead atoms. The number of nitrogens with zero attached hydrogens (tertiary/aromatic N) is 2. The van der Waals surface area contributed by atoms with Crippen LogP contribution in [0.25, 0.3) is 0 Å². The monoisotopic (exact) mass is 204 g/mol. The number of hydrogen-bond donors (Lipinski definition) is 1. The van der Waals surface area contributed by atoms with Crippen LogP contribution in [-0.2, 0) is 0 Å². The van der Waals surface area contributed by atoms with Gasteiger partial charge in [0.15, 0.2) is 5.51 Å². The first kappa shape index (κ1) is 8.83. The standard InChI is InChI=1S/C9H6N3OS/c13-8(7-4-2-1-3-5-7)11-9-12-10-6-14-9/h1-5H,(H,11,12,13). The first-order valence-electron chi connectivity index (χ1n) is 3.92. The molecule has 0 saturated heterocycles. The van der Waals surface area contributed by atoms with E-state index in [-0.39, 0.29) is 5.91 Å². The molecule has 0 spiro atoms. The number of anilines is 1. The van der Waals surface area contributed by atoms with Crippen molar-refractivity contribution in [2.75, 3.05) is 5.32 Å². The Hall–Kier alpha value is -1.75. The average molecular weight is 204 g/mol. The molecule has 5 heteroatoms. The third-order valence-electron chi connectivity index (χ3n) is 1.58. The van der Waals surface area contributed by atoms with Gasteiger partial charge in [-0.1, -0.05) is 29.5 Å². The molecule has 1 N–H and O–H groups in total. The molecule has 1 radical (unpaired) electrons. The predicted octanol–water partition coefficient (Wildman–Crippen LogP) is 1.59. The lowest BCUT2D eigenvalue weighted by molar-refractivity contribution is 0.102. The van der Waals surface area contributed by atoms with Gasteiger partial charge in [-0.15, -0.1) is 10.2 Å². The molecule has 14 heavy (non-hydrogen) atoms. The number of aromatic nitrogens is 2. The summed E-state index contributed by atoms with van der Waals surface area (Å²) in [6, 6.07) is 8.94. The summed E-state index contributed by atoms with van der Waals surface area (Å²) in [5, 5.41) is 10.2. The van der Waals surface area contributed by atoms with Crippen molar-refractivity contribution < 1.29 is 4.79 Å². The van der Waals surface area contributed by atoms with E-state index in [4.69, 9.17) is 0 Å². The molecular weight excluding hydrogens is 198 g/mol. The normalized spacial score (nSPS) is 9.71. The molecule has 2 rings (SSSR count). The Morgan fingerprint density at radius 1 is 1.36 bits per heavy atom. The van der Waals surface area contributed by atoms with Crippen molar-refractivity contribution >= 4 is 22.4 Å². The molecule has 1 heterocycles. The lowest BCUT2D eigenvalue weighted by Crippen LogP contribution is -2.11. The van der Waals surface area contributed by atoms with Crippen molar-refractivity contribution in [3.8, 4) is 0 Å². The van der Waals surface area contributed by atoms with Gasteiger partial charge in [0.25, 0.3) is 5.91 Å². The minimum Gasteiger partial charge on any atom is -0.296 e. The van der Waals surface area contributed by atoms with E-state index >= 15 is 0 Å². The van der Waals surface area contributed by atoms with E-state index in [0.717, 1.165) is 0 Å². The third kappa shape index (κ3) is 1.94. The molecule has 0 atom stereocenters. The largest absolute Gasteiger partial charge is 0.296 e. The van der Waals surface area contributed by atoms with Crippen LogP contribution >= 0.6 is 11.3 Å². The fraction of sp³-hybridized carbons (Fsp3) is 0. The Morgan fingerprint density at radius 3 is 2.79 bits per heavy atom. The van der Waals surface area contributed by atoms with Gasteiger partial charge in [0.05, 0.1) is 0 Å². The minimum absolute atomic E-state index is 0.184. The molecule has 0 aliphatic rings. The van der Waals surface area contributed by atoms with E-state index in [2.05, 4.69) is 21.0 Å². The molecule has 4 nitrogen and oxygen atoms in total. The van der Waals surface area contributed by atoms with E-state index in [9.17, 15) is 4.79 Å². The highest BCUT2D eigenvalue weighted by atomic mass is 32.1. The molecule has 2 aromatic rings. The smallest absolute Gasteiger partial charge is 0.257 e. The van der Waals surface area contributed by atoms with Crippen LogP contribution in [0.4, 0.5) is 5.13 Å². The molecular formula is C9H6N3OS. The van der Waals surface area contributed by atoms with E-state index in [1.165, 1.54) is 11.3 Å². The Kier molecular flexibility index (Phi) is 2.51. The lowest BCUT2D eigenvalue weighted by atomic mass is 10.2. The Balaban J connectivity index is 2.11. The fourth-order valence-corrected chi connectivity index (χ4v) is 1.35. The van der Waals surface area contributed by atoms with Crippen LogP contribution in [0.15, 0.2) is 30.3 Å². The van der Waals surface area contributed by atoms with Crippen molar-refractivity contribution in [3.63, 3.8) is 0 Å². The Morgan fingerprint density at radius 2 is 2.14 bits per heavy atom. The number of carbonyl (C=O) groups is 1. The molecule has 0 fully saturated rings. The minimum atomic E-state index is -0.184. The van der Waals surface area contributed by atoms with Crippen LogP contribution in [0.5, 0.6) is 0 Å². The zero-order valence-electron chi connectivity index (χ0n) is 7.10. The number of carbonyl (C=O) groups excluding carboxylic acids is 1. The van der Waals surface area contributed by atoms with E-state index in [1.54, 1.807) is 24.3 Å². The molecule has 0 unspecified atom stereocenters. The Bertz CT molecular complexity index is 413. The second-order valence-corrected chi connectivity index (χ2v) is 3.29. The van der Waals surface area contributed by atoms with Gasteiger partial charge >= 0.3 is 0 Å². The summed E-state index contributed by atoms with van der Waals surface area (Å²) < 4.78 is 0. The quantitative estimate of drug-likeness (QED) is 0.808. The summed E-state index contributed by atoms with van der Waals surface area (Å²) >= 11 is 1.17. The maximum atomic E-state index is 11.5. The van der Waals surface area contributed by atoms with Crippen LogP contribution in [0, 0.1) is 5.51 Å². The molecule has 69 valence electrons. The van der Waals surface area contributed by atoms with Crippen molar-refractivity contribution in [2.24, 2.45) is 0 Å². The third-order valence-corrected chi connectivity index (χ3v) is 2.13. The molecule has 0 aliphatic heterocycles. The van der Waals surface area contributed by atoms with Gasteiger partial charge in [0, 0.05) is 5.56 Å². The zero-order valence-corrected chi connectivity index (χ0v) is 7.91. The highest BCUT2D eigenvalue weighted by Gasteiger charge is 2.06. The summed E-state index contributed by atoms with van der Waals surface area (Å²) in [7, 11) is 0. The van der Waals surface area contributed by atoms with Crippen molar-refractivity contribution in [3.05, 3.63) is 41.4 Å². The number of amides is 1. The molecule has 1 aromatic carbocycles. The Labute approximate surface area is 84.6 Å². The van der Waals surface area contributed by atoms with Crippen LogP contribution in [0.1, 0.15) is 10.4 Å². The summed E-state index contributed by atoms with van der Waals surface area (Å²) in [6.45, 7) is 0. The van der Waals surface area contributed by atoms with Gasteiger partial charge in [-0.3, -0.25) is 10.1 Å². The second-order valence-electron chi connectivity index (χ2n) is 2.52. The van der Waals surface area contributed by atoms with Gasteiger partial charge in [0.2, 0.25) is 5.13 Å². The maximum absolute atomic E-state index is 11.5. The van der Waals surface area contributed by atoms with Gasteiger partial charge in [0.1, 0.15) is 0 Å². The summed E-state index contributed by atoms with van der Waals surface area (Å²) in [5.74, 6) is -0.184. The van der Waals surface area contributed by atoms with Gasteiger partial charge in [-0.2, -0.15) is 0 Å². The van der Waals surface area contributed by atoms with Gasteiger partial charge in [-0.05, 0) is 12.1 Å². The number of hydrogen-bond acceptors (Lipinski definition) is 4. The van der Waals surface area contributed by atoms with Gasteiger partial charge < -0.3 is 0 Å². The topological polar surface area (TPSA) is 54.9 Å².